The van der Waals surface area contributed by atoms with E-state index in [1.807, 2.05) is 30.3 Å². The standard InChI is InChI=1S/C16H18NO.Li/c1-13(15-8-10-16(18-2)11-9-15)17-12-14-6-4-3-5-7-14;/h3-11,13H,12H2,1-2H3;/q-1;+1. The molecule has 2 aromatic rings. The molecule has 0 aliphatic carbocycles. The number of methoxy groups -OCH3 is 1. The van der Waals surface area contributed by atoms with E-state index in [-0.39, 0.29) is 24.9 Å². The smallest absolute Gasteiger partial charge is 0.652 e. The number of hydrogen-bond donors (Lipinski definition) is 0. The van der Waals surface area contributed by atoms with Gasteiger partial charge in [-0.3, -0.25) is 0 Å². The predicted octanol–water partition coefficient (Wildman–Crippen LogP) is 1.33. The van der Waals surface area contributed by atoms with Gasteiger partial charge in [-0.25, -0.2) is 0 Å². The molecule has 19 heavy (non-hydrogen) atoms. The minimum atomic E-state index is 0. The van der Waals surface area contributed by atoms with Crippen LogP contribution in [0.15, 0.2) is 54.6 Å². The van der Waals surface area contributed by atoms with Gasteiger partial charge in [0.05, 0.1) is 7.11 Å². The van der Waals surface area contributed by atoms with E-state index in [0.29, 0.717) is 0 Å². The monoisotopic (exact) mass is 247 g/mol. The van der Waals surface area contributed by atoms with Gasteiger partial charge in [-0.05, 0) is 12.1 Å². The molecule has 1 atom stereocenters. The predicted molar refractivity (Wildman–Crippen MR) is 74.9 cm³/mol. The molecule has 0 amide bonds. The third kappa shape index (κ3) is 4.76. The van der Waals surface area contributed by atoms with Crippen LogP contribution in [-0.2, 0) is 6.54 Å². The maximum atomic E-state index is 5.15. The number of ether oxygens (including phenoxy) is 1. The van der Waals surface area contributed by atoms with E-state index in [1.54, 1.807) is 7.11 Å². The topological polar surface area (TPSA) is 23.3 Å². The maximum absolute atomic E-state index is 5.15. The third-order valence-electron chi connectivity index (χ3n) is 2.99. The zero-order valence-corrected chi connectivity index (χ0v) is 11.8. The van der Waals surface area contributed by atoms with E-state index >= 15 is 0 Å². The Morgan fingerprint density at radius 3 is 2.21 bits per heavy atom. The fourth-order valence-electron chi connectivity index (χ4n) is 1.81. The van der Waals surface area contributed by atoms with Gasteiger partial charge in [0.2, 0.25) is 0 Å². The fourth-order valence-corrected chi connectivity index (χ4v) is 1.81. The molecule has 0 aliphatic rings. The molecule has 1 unspecified atom stereocenters. The van der Waals surface area contributed by atoms with Crippen LogP contribution in [0, 0.1) is 0 Å². The van der Waals surface area contributed by atoms with Crippen molar-refractivity contribution in [2.45, 2.75) is 19.5 Å². The first kappa shape index (κ1) is 15.9. The molecule has 0 fully saturated rings. The molecular weight excluding hydrogens is 229 g/mol. The fraction of sp³-hybridized carbons (Fsp3) is 0.250. The summed E-state index contributed by atoms with van der Waals surface area (Å²) >= 11 is 0. The zero-order valence-electron chi connectivity index (χ0n) is 11.8. The Labute approximate surface area is 127 Å². The summed E-state index contributed by atoms with van der Waals surface area (Å²) in [5.41, 5.74) is 2.46. The molecule has 0 bridgehead atoms. The molecule has 0 aliphatic heterocycles. The first-order chi connectivity index (χ1) is 8.79. The number of benzene rings is 2. The second-order valence-corrected chi connectivity index (χ2v) is 4.28. The summed E-state index contributed by atoms with van der Waals surface area (Å²) in [5, 5.41) is 4.68. The van der Waals surface area contributed by atoms with Crippen LogP contribution in [0.5, 0.6) is 5.75 Å². The van der Waals surface area contributed by atoms with Crippen LogP contribution < -0.4 is 23.6 Å². The SMILES string of the molecule is COc1ccc(C(C)[N-]Cc2ccccc2)cc1.[Li+]. The third-order valence-corrected chi connectivity index (χ3v) is 2.99. The molecule has 0 saturated heterocycles. The number of nitrogens with zero attached hydrogens (tertiary/aromatic N) is 1. The van der Waals surface area contributed by atoms with Crippen molar-refractivity contribution in [2.75, 3.05) is 7.11 Å². The summed E-state index contributed by atoms with van der Waals surface area (Å²) in [5.74, 6) is 0.883. The Hall–Kier alpha value is -1.20. The van der Waals surface area contributed by atoms with E-state index in [2.05, 4.69) is 36.5 Å². The molecule has 2 aromatic carbocycles. The van der Waals surface area contributed by atoms with Crippen molar-refractivity contribution < 1.29 is 23.6 Å². The molecule has 0 radical (unpaired) electrons. The number of hydrogen-bond acceptors (Lipinski definition) is 1. The quantitative estimate of drug-likeness (QED) is 0.731. The summed E-state index contributed by atoms with van der Waals surface area (Å²) in [4.78, 5) is 0. The van der Waals surface area contributed by atoms with Crippen LogP contribution >= 0.6 is 0 Å². The Morgan fingerprint density at radius 2 is 1.63 bits per heavy atom. The molecular formula is C16H18LiNO. The molecule has 0 aromatic heterocycles. The van der Waals surface area contributed by atoms with E-state index in [9.17, 15) is 0 Å². The van der Waals surface area contributed by atoms with Crippen LogP contribution in [-0.4, -0.2) is 7.11 Å². The van der Waals surface area contributed by atoms with Gasteiger partial charge in [-0.15, -0.1) is 12.6 Å². The van der Waals surface area contributed by atoms with Crippen molar-refractivity contribution in [2.24, 2.45) is 0 Å². The van der Waals surface area contributed by atoms with Crippen LogP contribution in [0.3, 0.4) is 0 Å². The zero-order chi connectivity index (χ0) is 12.8. The summed E-state index contributed by atoms with van der Waals surface area (Å²) in [6, 6.07) is 18.6. The Balaban J connectivity index is 0.00000180. The Bertz CT molecular complexity index is 470. The van der Waals surface area contributed by atoms with Gasteiger partial charge >= 0.3 is 18.9 Å². The first-order valence-electron chi connectivity index (χ1n) is 6.14. The minimum Gasteiger partial charge on any atom is -0.652 e. The summed E-state index contributed by atoms with van der Waals surface area (Å²) in [6.45, 7) is 2.87. The van der Waals surface area contributed by atoms with Gasteiger partial charge in [0, 0.05) is 0 Å². The number of rotatable bonds is 5. The molecule has 2 nitrogen and oxygen atoms in total. The average molecular weight is 247 g/mol. The summed E-state index contributed by atoms with van der Waals surface area (Å²) < 4.78 is 5.15. The molecule has 3 heteroatoms. The van der Waals surface area contributed by atoms with Crippen molar-refractivity contribution in [3.05, 3.63) is 71.0 Å². The van der Waals surface area contributed by atoms with Crippen LogP contribution in [0.1, 0.15) is 24.1 Å². The van der Waals surface area contributed by atoms with Crippen molar-refractivity contribution in [3.63, 3.8) is 0 Å². The van der Waals surface area contributed by atoms with Crippen LogP contribution in [0.4, 0.5) is 0 Å². The average Bonchev–Trinajstić information content (AvgIpc) is 2.46. The second kappa shape index (κ2) is 8.07. The maximum Gasteiger partial charge on any atom is 1.00 e. The van der Waals surface area contributed by atoms with Crippen LogP contribution in [0.2, 0.25) is 0 Å². The summed E-state index contributed by atoms with van der Waals surface area (Å²) in [7, 11) is 1.68. The Kier molecular flexibility index (Phi) is 6.73. The van der Waals surface area contributed by atoms with Crippen molar-refractivity contribution in [3.8, 4) is 5.75 Å². The van der Waals surface area contributed by atoms with Crippen LogP contribution in [0.25, 0.3) is 5.32 Å². The van der Waals surface area contributed by atoms with E-state index in [4.69, 9.17) is 4.74 Å². The van der Waals surface area contributed by atoms with E-state index in [0.717, 1.165) is 12.3 Å². The minimum absolute atomic E-state index is 0. The van der Waals surface area contributed by atoms with E-state index < -0.39 is 0 Å². The van der Waals surface area contributed by atoms with Gasteiger partial charge in [-0.1, -0.05) is 60.5 Å². The molecule has 2 rings (SSSR count). The van der Waals surface area contributed by atoms with Crippen molar-refractivity contribution in [1.82, 2.24) is 0 Å². The van der Waals surface area contributed by atoms with Gasteiger partial charge < -0.3 is 10.1 Å². The van der Waals surface area contributed by atoms with Gasteiger partial charge in [-0.2, -0.15) is 0 Å². The van der Waals surface area contributed by atoms with Crippen molar-refractivity contribution in [1.29, 1.82) is 0 Å². The molecule has 0 saturated carbocycles. The molecule has 0 heterocycles. The largest absolute Gasteiger partial charge is 1.00 e. The molecule has 0 N–H and O–H groups in total. The van der Waals surface area contributed by atoms with Gasteiger partial charge in [0.1, 0.15) is 5.75 Å². The second-order valence-electron chi connectivity index (χ2n) is 4.28. The molecule has 94 valence electrons. The Morgan fingerprint density at radius 1 is 1.00 bits per heavy atom. The van der Waals surface area contributed by atoms with Gasteiger partial charge in [0.15, 0.2) is 0 Å². The normalized spacial score (nSPS) is 11.5. The van der Waals surface area contributed by atoms with Gasteiger partial charge in [0.25, 0.3) is 0 Å². The first-order valence-corrected chi connectivity index (χ1v) is 6.14. The van der Waals surface area contributed by atoms with Crippen molar-refractivity contribution >= 4 is 0 Å². The molecule has 0 spiro atoms. The summed E-state index contributed by atoms with van der Waals surface area (Å²) in [6.07, 6.45) is 0. The van der Waals surface area contributed by atoms with E-state index in [1.165, 1.54) is 11.1 Å².